The zero-order valence-corrected chi connectivity index (χ0v) is 17.2. The maximum absolute atomic E-state index is 10.7. The van der Waals surface area contributed by atoms with Gasteiger partial charge in [0.15, 0.2) is 0 Å². The molecule has 2 aromatic carbocycles. The number of carbonyl (C=O) groups excluding carboxylic acids is 1. The van der Waals surface area contributed by atoms with Crippen LogP contribution in [0, 0.1) is 0 Å². The summed E-state index contributed by atoms with van der Waals surface area (Å²) < 4.78 is 5.68. The first kappa shape index (κ1) is 23.5. The quantitative estimate of drug-likeness (QED) is 0.505. The van der Waals surface area contributed by atoms with Crippen molar-refractivity contribution in [2.45, 2.75) is 33.8 Å². The minimum atomic E-state index is -0.849. The Morgan fingerprint density at radius 3 is 1.96 bits per heavy atom. The van der Waals surface area contributed by atoms with Gasteiger partial charge in [-0.25, -0.2) is 9.86 Å². The smallest absolute Gasteiger partial charge is 0.338 e. The van der Waals surface area contributed by atoms with Crippen molar-refractivity contribution in [3.05, 3.63) is 65.7 Å². The molecule has 0 radical (unpaired) electrons. The number of urea groups is 1. The van der Waals surface area contributed by atoms with E-state index in [1.165, 1.54) is 19.6 Å². The third kappa shape index (κ3) is 9.39. The maximum Gasteiger partial charge on any atom is 0.338 e. The van der Waals surface area contributed by atoms with Crippen molar-refractivity contribution in [3.8, 4) is 5.75 Å². The molecule has 0 unspecified atom stereocenters. The van der Waals surface area contributed by atoms with Crippen molar-refractivity contribution >= 4 is 6.03 Å². The second-order valence-electron chi connectivity index (χ2n) is 6.25. The van der Waals surface area contributed by atoms with Crippen LogP contribution in [0.15, 0.2) is 54.6 Å². The summed E-state index contributed by atoms with van der Waals surface area (Å²) in [7, 11) is 0. The molecule has 0 heterocycles. The van der Waals surface area contributed by atoms with Gasteiger partial charge in [0.1, 0.15) is 12.4 Å². The van der Waals surface area contributed by atoms with Crippen LogP contribution < -0.4 is 10.5 Å². The van der Waals surface area contributed by atoms with Crippen LogP contribution in [0.5, 0.6) is 5.75 Å². The van der Waals surface area contributed by atoms with Crippen LogP contribution in [0.1, 0.15) is 31.9 Å². The normalized spacial score (nSPS) is 10.2. The Balaban J connectivity index is 0.000000480. The molecule has 0 aliphatic carbocycles. The fourth-order valence-electron chi connectivity index (χ4n) is 2.51. The molecule has 2 aromatic rings. The first-order valence-electron chi connectivity index (χ1n) is 9.73. The number of hydrogen-bond donors (Lipinski definition) is 2. The van der Waals surface area contributed by atoms with Crippen molar-refractivity contribution in [1.29, 1.82) is 0 Å². The number of amides is 2. The van der Waals surface area contributed by atoms with Gasteiger partial charge in [0, 0.05) is 0 Å². The molecule has 0 bridgehead atoms. The molecule has 0 aromatic heterocycles. The Bertz CT molecular complexity index is 653. The number of primary amides is 1. The van der Waals surface area contributed by atoms with Crippen LogP contribution in [-0.4, -0.2) is 47.4 Å². The van der Waals surface area contributed by atoms with Gasteiger partial charge in [-0.3, -0.25) is 5.21 Å². The zero-order chi connectivity index (χ0) is 20.8. The number of rotatable bonds is 9. The fourth-order valence-corrected chi connectivity index (χ4v) is 2.51. The summed E-state index contributed by atoms with van der Waals surface area (Å²) in [5.74, 6) is 0.776. The molecule has 2 amide bonds. The van der Waals surface area contributed by atoms with E-state index < -0.39 is 6.03 Å². The summed E-state index contributed by atoms with van der Waals surface area (Å²) >= 11 is 0. The van der Waals surface area contributed by atoms with Crippen LogP contribution in [0.4, 0.5) is 4.79 Å². The van der Waals surface area contributed by atoms with E-state index in [1.54, 1.807) is 0 Å². The number of hydrogen-bond acceptors (Lipinski definition) is 4. The molecule has 0 aliphatic heterocycles. The second-order valence-corrected chi connectivity index (χ2v) is 6.25. The standard InChI is InChI=1S/C16H18N2O3.C6H15N/c17-16(19)18(20)11-10-13-6-8-15(9-7-13)21-12-14-4-2-1-3-5-14;1-4-7(5-2)6-3/h1-9,20H,10-12H2,(H2,17,19);4-6H2,1-3H3. The van der Waals surface area contributed by atoms with E-state index in [2.05, 4.69) is 25.7 Å². The Morgan fingerprint density at radius 2 is 1.50 bits per heavy atom. The molecule has 154 valence electrons. The van der Waals surface area contributed by atoms with Crippen molar-refractivity contribution < 1.29 is 14.7 Å². The number of hydroxylamine groups is 2. The van der Waals surface area contributed by atoms with Gasteiger partial charge in [0.25, 0.3) is 0 Å². The Labute approximate surface area is 168 Å². The molecule has 28 heavy (non-hydrogen) atoms. The lowest BCUT2D eigenvalue weighted by Crippen LogP contribution is -2.34. The zero-order valence-electron chi connectivity index (χ0n) is 17.2. The van der Waals surface area contributed by atoms with Gasteiger partial charge >= 0.3 is 6.03 Å². The lowest BCUT2D eigenvalue weighted by Gasteiger charge is -2.13. The summed E-state index contributed by atoms with van der Waals surface area (Å²) in [6.45, 7) is 10.8. The van der Waals surface area contributed by atoms with Crippen molar-refractivity contribution in [2.24, 2.45) is 5.73 Å². The molecule has 6 heteroatoms. The number of carbonyl (C=O) groups is 1. The molecule has 0 atom stereocenters. The largest absolute Gasteiger partial charge is 0.489 e. The first-order valence-corrected chi connectivity index (χ1v) is 9.73. The SMILES string of the molecule is CCN(CC)CC.NC(=O)N(O)CCc1ccc(OCc2ccccc2)cc1. The maximum atomic E-state index is 10.7. The molecule has 0 fully saturated rings. The van der Waals surface area contributed by atoms with Crippen molar-refractivity contribution in [2.75, 3.05) is 26.2 Å². The van der Waals surface area contributed by atoms with Gasteiger partial charge < -0.3 is 15.4 Å². The predicted octanol–water partition coefficient (Wildman–Crippen LogP) is 3.93. The number of nitrogens with zero attached hydrogens (tertiary/aromatic N) is 2. The van der Waals surface area contributed by atoms with E-state index in [0.29, 0.717) is 18.1 Å². The van der Waals surface area contributed by atoms with E-state index in [1.807, 2.05) is 54.6 Å². The van der Waals surface area contributed by atoms with Gasteiger partial charge in [0.05, 0.1) is 6.54 Å². The minimum absolute atomic E-state index is 0.166. The molecule has 0 saturated heterocycles. The van der Waals surface area contributed by atoms with Gasteiger partial charge in [-0.15, -0.1) is 0 Å². The van der Waals surface area contributed by atoms with Crippen LogP contribution >= 0.6 is 0 Å². The summed E-state index contributed by atoms with van der Waals surface area (Å²) in [5.41, 5.74) is 7.03. The highest BCUT2D eigenvalue weighted by molar-refractivity contribution is 5.70. The van der Waals surface area contributed by atoms with E-state index in [4.69, 9.17) is 10.5 Å². The van der Waals surface area contributed by atoms with Crippen molar-refractivity contribution in [3.63, 3.8) is 0 Å². The molecule has 2 rings (SSSR count). The molecule has 6 nitrogen and oxygen atoms in total. The number of nitrogens with two attached hydrogens (primary N) is 1. The molecule has 3 N–H and O–H groups in total. The highest BCUT2D eigenvalue weighted by atomic mass is 16.5. The predicted molar refractivity (Wildman–Crippen MR) is 112 cm³/mol. The van der Waals surface area contributed by atoms with E-state index in [9.17, 15) is 10.0 Å². The van der Waals surface area contributed by atoms with Gasteiger partial charge in [-0.05, 0) is 49.3 Å². The Kier molecular flexibility index (Phi) is 11.4. The lowest BCUT2D eigenvalue weighted by molar-refractivity contribution is -0.0382. The average molecular weight is 388 g/mol. The van der Waals surface area contributed by atoms with Crippen LogP contribution in [0.25, 0.3) is 0 Å². The summed E-state index contributed by atoms with van der Waals surface area (Å²) in [4.78, 5) is 13.0. The molecular weight excluding hydrogens is 354 g/mol. The van der Waals surface area contributed by atoms with Crippen LogP contribution in [0.2, 0.25) is 0 Å². The van der Waals surface area contributed by atoms with Gasteiger partial charge in [-0.1, -0.05) is 63.2 Å². The monoisotopic (exact) mass is 387 g/mol. The van der Waals surface area contributed by atoms with Crippen LogP contribution in [-0.2, 0) is 13.0 Å². The summed E-state index contributed by atoms with van der Waals surface area (Å²) in [5, 5.41) is 9.69. The van der Waals surface area contributed by atoms with Gasteiger partial charge in [0.2, 0.25) is 0 Å². The third-order valence-electron chi connectivity index (χ3n) is 4.38. The summed E-state index contributed by atoms with van der Waals surface area (Å²) in [6.07, 6.45) is 0.526. The number of benzene rings is 2. The van der Waals surface area contributed by atoms with Crippen molar-refractivity contribution in [1.82, 2.24) is 9.96 Å². The average Bonchev–Trinajstić information content (AvgIpc) is 2.73. The summed E-state index contributed by atoms with van der Waals surface area (Å²) in [6, 6.07) is 16.6. The highest BCUT2D eigenvalue weighted by Crippen LogP contribution is 2.14. The van der Waals surface area contributed by atoms with E-state index in [0.717, 1.165) is 16.9 Å². The highest BCUT2D eigenvalue weighted by Gasteiger charge is 2.05. The minimum Gasteiger partial charge on any atom is -0.489 e. The molecule has 0 saturated carbocycles. The number of ether oxygens (including phenoxy) is 1. The fraction of sp³-hybridized carbons (Fsp3) is 0.409. The van der Waals surface area contributed by atoms with E-state index in [-0.39, 0.29) is 6.54 Å². The van der Waals surface area contributed by atoms with Crippen LogP contribution in [0.3, 0.4) is 0 Å². The molecule has 0 spiro atoms. The topological polar surface area (TPSA) is 79.0 Å². The Hall–Kier alpha value is -2.57. The Morgan fingerprint density at radius 1 is 0.929 bits per heavy atom. The van der Waals surface area contributed by atoms with E-state index >= 15 is 0 Å². The third-order valence-corrected chi connectivity index (χ3v) is 4.38. The lowest BCUT2D eigenvalue weighted by atomic mass is 10.1. The second kappa shape index (κ2) is 13.6. The molecule has 0 aliphatic rings. The molecular formula is C22H33N3O3. The van der Waals surface area contributed by atoms with Gasteiger partial charge in [-0.2, -0.15) is 0 Å². The first-order chi connectivity index (χ1) is 13.5.